The van der Waals surface area contributed by atoms with Gasteiger partial charge in [-0.3, -0.25) is 14.4 Å². The van der Waals surface area contributed by atoms with Gasteiger partial charge in [-0.25, -0.2) is 0 Å². The largest absolute Gasteiger partial charge is 0.481 e. The van der Waals surface area contributed by atoms with Crippen molar-refractivity contribution in [3.8, 4) is 0 Å². The zero-order valence-electron chi connectivity index (χ0n) is 12.0. The average molecular weight is 284 g/mol. The molecule has 0 saturated heterocycles. The van der Waals surface area contributed by atoms with Gasteiger partial charge in [-0.2, -0.15) is 0 Å². The molecule has 2 amide bonds. The summed E-state index contributed by atoms with van der Waals surface area (Å²) >= 11 is 0. The molecule has 6 heteroatoms. The first-order chi connectivity index (χ1) is 9.45. The van der Waals surface area contributed by atoms with Gasteiger partial charge in [0.15, 0.2) is 0 Å². The molecule has 0 atom stereocenters. The summed E-state index contributed by atoms with van der Waals surface area (Å²) in [6.07, 6.45) is 4.00. The predicted octanol–water partition coefficient (Wildman–Crippen LogP) is 0.991. The molecular weight excluding hydrogens is 260 g/mol. The van der Waals surface area contributed by atoms with E-state index in [1.807, 2.05) is 6.92 Å². The second-order valence-electron chi connectivity index (χ2n) is 5.47. The lowest BCUT2D eigenvalue weighted by Gasteiger charge is -2.30. The number of nitrogens with zero attached hydrogens (tertiary/aromatic N) is 1. The predicted molar refractivity (Wildman–Crippen MR) is 73.8 cm³/mol. The fourth-order valence-electron chi connectivity index (χ4n) is 2.65. The molecule has 0 heterocycles. The highest BCUT2D eigenvalue weighted by Gasteiger charge is 2.32. The minimum Gasteiger partial charge on any atom is -0.481 e. The third kappa shape index (κ3) is 4.83. The molecule has 0 aromatic rings. The highest BCUT2D eigenvalue weighted by Crippen LogP contribution is 2.30. The van der Waals surface area contributed by atoms with Gasteiger partial charge in [0, 0.05) is 12.5 Å². The Hall–Kier alpha value is -1.59. The summed E-state index contributed by atoms with van der Waals surface area (Å²) in [5.74, 6) is -1.84. The van der Waals surface area contributed by atoms with E-state index in [1.165, 1.54) is 4.90 Å². The normalized spacial score (nSPS) is 22.2. The second-order valence-corrected chi connectivity index (χ2v) is 5.47. The van der Waals surface area contributed by atoms with Crippen LogP contribution in [0.2, 0.25) is 0 Å². The first-order valence-electron chi connectivity index (χ1n) is 7.25. The summed E-state index contributed by atoms with van der Waals surface area (Å²) in [7, 11) is 0. The van der Waals surface area contributed by atoms with Crippen LogP contribution in [0, 0.1) is 11.8 Å². The third-order valence-electron chi connectivity index (χ3n) is 3.87. The smallest absolute Gasteiger partial charge is 0.306 e. The van der Waals surface area contributed by atoms with E-state index in [4.69, 9.17) is 10.8 Å². The number of hydrogen-bond donors (Lipinski definition) is 2. The first kappa shape index (κ1) is 16.5. The molecule has 1 aliphatic rings. The van der Waals surface area contributed by atoms with E-state index in [0.717, 1.165) is 12.8 Å². The third-order valence-corrected chi connectivity index (χ3v) is 3.87. The van der Waals surface area contributed by atoms with Gasteiger partial charge in [0.1, 0.15) is 0 Å². The van der Waals surface area contributed by atoms with E-state index in [1.54, 1.807) is 0 Å². The molecule has 114 valence electrons. The number of primary amides is 1. The van der Waals surface area contributed by atoms with Crippen LogP contribution in [0.1, 0.15) is 45.4 Å². The minimum absolute atomic E-state index is 0.0440. The van der Waals surface area contributed by atoms with E-state index < -0.39 is 11.9 Å². The van der Waals surface area contributed by atoms with Crippen LogP contribution in [0.25, 0.3) is 0 Å². The van der Waals surface area contributed by atoms with Crippen LogP contribution in [0.15, 0.2) is 0 Å². The van der Waals surface area contributed by atoms with Crippen molar-refractivity contribution in [3.05, 3.63) is 0 Å². The van der Waals surface area contributed by atoms with Gasteiger partial charge in [-0.05, 0) is 32.1 Å². The van der Waals surface area contributed by atoms with Crippen LogP contribution in [-0.4, -0.2) is 40.9 Å². The van der Waals surface area contributed by atoms with E-state index in [0.29, 0.717) is 32.2 Å². The van der Waals surface area contributed by atoms with E-state index in [-0.39, 0.29) is 24.3 Å². The summed E-state index contributed by atoms with van der Waals surface area (Å²) in [6.45, 7) is 2.51. The molecule has 0 aromatic carbocycles. The molecule has 1 saturated carbocycles. The highest BCUT2D eigenvalue weighted by molar-refractivity contribution is 5.85. The highest BCUT2D eigenvalue weighted by atomic mass is 16.4. The number of nitrogens with two attached hydrogens (primary N) is 1. The van der Waals surface area contributed by atoms with Crippen molar-refractivity contribution in [1.29, 1.82) is 0 Å². The summed E-state index contributed by atoms with van der Waals surface area (Å²) in [5, 5.41) is 8.95. The lowest BCUT2D eigenvalue weighted by Crippen LogP contribution is -2.43. The number of rotatable bonds is 7. The van der Waals surface area contributed by atoms with Crippen molar-refractivity contribution >= 4 is 17.8 Å². The van der Waals surface area contributed by atoms with Crippen LogP contribution >= 0.6 is 0 Å². The molecule has 0 aliphatic heterocycles. The van der Waals surface area contributed by atoms with Crippen LogP contribution in [-0.2, 0) is 14.4 Å². The van der Waals surface area contributed by atoms with Gasteiger partial charge in [0.05, 0.1) is 12.5 Å². The Morgan fingerprint density at radius 2 is 1.70 bits per heavy atom. The van der Waals surface area contributed by atoms with Crippen molar-refractivity contribution in [2.75, 3.05) is 13.1 Å². The van der Waals surface area contributed by atoms with Crippen molar-refractivity contribution in [3.63, 3.8) is 0 Å². The SMILES string of the molecule is CCCCN(CC(N)=O)C(=O)C1CCC(C(=O)O)CC1. The number of hydrogen-bond acceptors (Lipinski definition) is 3. The number of aliphatic carboxylic acids is 1. The van der Waals surface area contributed by atoms with Gasteiger partial charge in [0.2, 0.25) is 11.8 Å². The number of carboxylic acid groups (broad SMARTS) is 1. The molecule has 1 aliphatic carbocycles. The van der Waals surface area contributed by atoms with Gasteiger partial charge in [-0.15, -0.1) is 0 Å². The number of carbonyl (C=O) groups excluding carboxylic acids is 2. The van der Waals surface area contributed by atoms with E-state index >= 15 is 0 Å². The van der Waals surface area contributed by atoms with Gasteiger partial charge in [-0.1, -0.05) is 13.3 Å². The van der Waals surface area contributed by atoms with Gasteiger partial charge < -0.3 is 15.7 Å². The maximum absolute atomic E-state index is 12.4. The van der Waals surface area contributed by atoms with Crippen LogP contribution in [0.4, 0.5) is 0 Å². The number of carboxylic acids is 1. The Balaban J connectivity index is 2.56. The summed E-state index contributed by atoms with van der Waals surface area (Å²) < 4.78 is 0. The van der Waals surface area contributed by atoms with Gasteiger partial charge >= 0.3 is 5.97 Å². The molecule has 0 unspecified atom stereocenters. The molecular formula is C14H24N2O4. The van der Waals surface area contributed by atoms with Crippen LogP contribution in [0.5, 0.6) is 0 Å². The number of carbonyl (C=O) groups is 3. The fraction of sp³-hybridized carbons (Fsp3) is 0.786. The zero-order chi connectivity index (χ0) is 15.1. The van der Waals surface area contributed by atoms with Crippen LogP contribution in [0.3, 0.4) is 0 Å². The molecule has 0 radical (unpaired) electrons. The first-order valence-corrected chi connectivity index (χ1v) is 7.25. The Labute approximate surface area is 119 Å². The van der Waals surface area contributed by atoms with E-state index in [9.17, 15) is 14.4 Å². The Morgan fingerprint density at radius 1 is 1.15 bits per heavy atom. The topological polar surface area (TPSA) is 101 Å². The summed E-state index contributed by atoms with van der Waals surface area (Å²) in [5.41, 5.74) is 5.18. The van der Waals surface area contributed by atoms with Crippen molar-refractivity contribution in [2.24, 2.45) is 17.6 Å². The molecule has 0 aromatic heterocycles. The van der Waals surface area contributed by atoms with Crippen molar-refractivity contribution < 1.29 is 19.5 Å². The molecule has 3 N–H and O–H groups in total. The number of unbranched alkanes of at least 4 members (excludes halogenated alkanes) is 1. The quantitative estimate of drug-likeness (QED) is 0.728. The standard InChI is InChI=1S/C14H24N2O4/c1-2-3-8-16(9-12(15)17)13(18)10-4-6-11(7-5-10)14(19)20/h10-11H,2-9H2,1H3,(H2,15,17)(H,19,20). The maximum Gasteiger partial charge on any atom is 0.306 e. The van der Waals surface area contributed by atoms with Crippen molar-refractivity contribution in [2.45, 2.75) is 45.4 Å². The molecule has 0 bridgehead atoms. The second kappa shape index (κ2) is 7.87. The average Bonchev–Trinajstić information content (AvgIpc) is 2.42. The maximum atomic E-state index is 12.4. The van der Waals surface area contributed by atoms with Crippen molar-refractivity contribution in [1.82, 2.24) is 4.90 Å². The summed E-state index contributed by atoms with van der Waals surface area (Å²) in [4.78, 5) is 35.9. The zero-order valence-corrected chi connectivity index (χ0v) is 12.0. The molecule has 20 heavy (non-hydrogen) atoms. The molecule has 1 fully saturated rings. The monoisotopic (exact) mass is 284 g/mol. The van der Waals surface area contributed by atoms with E-state index in [2.05, 4.69) is 0 Å². The minimum atomic E-state index is -0.782. The lowest BCUT2D eigenvalue weighted by molar-refractivity contribution is -0.146. The summed E-state index contributed by atoms with van der Waals surface area (Å²) in [6, 6.07) is 0. The number of amides is 2. The molecule has 6 nitrogen and oxygen atoms in total. The van der Waals surface area contributed by atoms with Gasteiger partial charge in [0.25, 0.3) is 0 Å². The Kier molecular flexibility index (Phi) is 6.48. The molecule has 1 rings (SSSR count). The Morgan fingerprint density at radius 3 is 2.15 bits per heavy atom. The Bertz CT molecular complexity index is 362. The molecule has 0 spiro atoms. The fourth-order valence-corrected chi connectivity index (χ4v) is 2.65. The van der Waals surface area contributed by atoms with Crippen LogP contribution < -0.4 is 5.73 Å². The lowest BCUT2D eigenvalue weighted by atomic mass is 9.81.